The summed E-state index contributed by atoms with van der Waals surface area (Å²) in [6, 6.07) is 4.17. The maximum atomic E-state index is 12.2. The summed E-state index contributed by atoms with van der Waals surface area (Å²) < 4.78 is 17.5. The molecule has 1 heterocycles. The van der Waals surface area contributed by atoms with E-state index in [0.29, 0.717) is 6.61 Å². The molecule has 29 heavy (non-hydrogen) atoms. The van der Waals surface area contributed by atoms with E-state index < -0.39 is 13.9 Å². The van der Waals surface area contributed by atoms with Crippen LogP contribution < -0.4 is 4.74 Å². The molecule has 0 bridgehead atoms. The minimum atomic E-state index is -1.72. The first-order chi connectivity index (χ1) is 13.3. The van der Waals surface area contributed by atoms with E-state index in [-0.39, 0.29) is 11.0 Å². The first-order valence-corrected chi connectivity index (χ1v) is 13.5. The molecule has 0 saturated heterocycles. The topological polar surface area (TPSA) is 44.8 Å². The molecule has 4 nitrogen and oxygen atoms in total. The maximum Gasteiger partial charge on any atom is 0.331 e. The molecule has 1 aliphatic heterocycles. The van der Waals surface area contributed by atoms with E-state index in [2.05, 4.69) is 46.0 Å². The van der Waals surface area contributed by atoms with Crippen molar-refractivity contribution in [2.24, 2.45) is 0 Å². The van der Waals surface area contributed by atoms with Gasteiger partial charge in [0.15, 0.2) is 8.32 Å². The van der Waals surface area contributed by atoms with Crippen molar-refractivity contribution < 1.29 is 18.7 Å². The summed E-state index contributed by atoms with van der Waals surface area (Å²) in [5.41, 5.74) is 3.02. The predicted octanol–water partition coefficient (Wildman–Crippen LogP) is 5.93. The van der Waals surface area contributed by atoms with Gasteiger partial charge in [-0.25, -0.2) is 4.79 Å². The molecule has 1 aliphatic rings. The molecule has 1 aromatic carbocycles. The summed E-state index contributed by atoms with van der Waals surface area (Å²) in [6.45, 7) is 18.4. The van der Waals surface area contributed by atoms with E-state index in [9.17, 15) is 4.79 Å². The Kier molecular flexibility index (Phi) is 7.39. The van der Waals surface area contributed by atoms with Crippen molar-refractivity contribution in [2.45, 2.75) is 84.5 Å². The Balaban J connectivity index is 2.10. The van der Waals surface area contributed by atoms with Crippen molar-refractivity contribution in [3.8, 4) is 5.75 Å². The Labute approximate surface area is 177 Å². The number of carbonyl (C=O) groups excluding carboxylic acids is 1. The highest BCUT2D eigenvalue weighted by atomic mass is 28.4. The molecule has 2 rings (SSSR count). The van der Waals surface area contributed by atoms with Crippen molar-refractivity contribution in [1.82, 2.24) is 0 Å². The van der Waals surface area contributed by atoms with Crippen LogP contribution in [0.5, 0.6) is 5.75 Å². The summed E-state index contributed by atoms with van der Waals surface area (Å²) in [5, 5.41) is 0.221. The fraction of sp³-hybridized carbons (Fsp3) is 0.625. The zero-order valence-electron chi connectivity index (χ0n) is 19.5. The van der Waals surface area contributed by atoms with Gasteiger partial charge in [-0.05, 0) is 75.0 Å². The molecule has 0 atom stereocenters. The van der Waals surface area contributed by atoms with E-state index >= 15 is 0 Å². The molecule has 0 aliphatic carbocycles. The van der Waals surface area contributed by atoms with E-state index in [1.54, 1.807) is 0 Å². The fourth-order valence-electron chi connectivity index (χ4n) is 3.07. The number of fused-ring (bicyclic) bond motifs is 1. The van der Waals surface area contributed by atoms with Crippen LogP contribution in [0.3, 0.4) is 0 Å². The highest BCUT2D eigenvalue weighted by Crippen LogP contribution is 2.37. The third-order valence-electron chi connectivity index (χ3n) is 5.67. The molecule has 0 fully saturated rings. The second kappa shape index (κ2) is 9.05. The zero-order valence-corrected chi connectivity index (χ0v) is 20.5. The molecule has 0 radical (unpaired) electrons. The number of hydrogen-bond donors (Lipinski definition) is 0. The molecule has 0 N–H and O–H groups in total. The highest BCUT2D eigenvalue weighted by molar-refractivity contribution is 6.74. The smallest absolute Gasteiger partial charge is 0.331 e. The minimum Gasteiger partial charge on any atom is -0.493 e. The van der Waals surface area contributed by atoms with Gasteiger partial charge in [-0.1, -0.05) is 26.8 Å². The van der Waals surface area contributed by atoms with Crippen LogP contribution in [0.2, 0.25) is 18.1 Å². The number of carbonyl (C=O) groups is 1. The summed E-state index contributed by atoms with van der Waals surface area (Å²) in [4.78, 5) is 12.2. The lowest BCUT2D eigenvalue weighted by Gasteiger charge is -2.36. The SMILES string of the molecule is CC(C)(C)OC(=O)/C=C/c1c(CCCO[Si](C)(C)C(C)(C)C)ccc2c1CCO2. The first kappa shape index (κ1) is 23.7. The van der Waals surface area contributed by atoms with Gasteiger partial charge in [-0.3, -0.25) is 0 Å². The Morgan fingerprint density at radius 3 is 2.48 bits per heavy atom. The summed E-state index contributed by atoms with van der Waals surface area (Å²) >= 11 is 0. The molecular weight excluding hydrogens is 380 g/mol. The van der Waals surface area contributed by atoms with Crippen LogP contribution in [0.25, 0.3) is 6.08 Å². The molecule has 1 aromatic rings. The number of benzene rings is 1. The van der Waals surface area contributed by atoms with Gasteiger partial charge in [0.05, 0.1) is 6.61 Å². The van der Waals surface area contributed by atoms with Gasteiger partial charge in [-0.15, -0.1) is 0 Å². The van der Waals surface area contributed by atoms with Crippen LogP contribution in [0.1, 0.15) is 64.7 Å². The third kappa shape index (κ3) is 6.71. The largest absolute Gasteiger partial charge is 0.493 e. The van der Waals surface area contributed by atoms with Gasteiger partial charge in [0.2, 0.25) is 0 Å². The lowest BCUT2D eigenvalue weighted by molar-refractivity contribution is -0.148. The van der Waals surface area contributed by atoms with Crippen LogP contribution in [0.15, 0.2) is 18.2 Å². The molecule has 162 valence electrons. The lowest BCUT2D eigenvalue weighted by Crippen LogP contribution is -2.41. The van der Waals surface area contributed by atoms with E-state index in [1.807, 2.05) is 26.8 Å². The molecule has 5 heteroatoms. The van der Waals surface area contributed by atoms with Gasteiger partial charge >= 0.3 is 5.97 Å². The van der Waals surface area contributed by atoms with Gasteiger partial charge in [0.25, 0.3) is 0 Å². The van der Waals surface area contributed by atoms with Gasteiger partial charge in [0, 0.05) is 24.7 Å². The Bertz CT molecular complexity index is 751. The standard InChI is InChI=1S/C24H38O4Si/c1-23(2,3)28-22(25)14-12-19-18(11-13-21-20(19)15-17-26-21)10-9-16-27-29(7,8)24(4,5)6/h11-14H,9-10,15-17H2,1-8H3/b14-12+. The molecule has 0 amide bonds. The van der Waals surface area contributed by atoms with Crippen LogP contribution in [0, 0.1) is 0 Å². The molecule has 0 aromatic heterocycles. The second-order valence-corrected chi connectivity index (χ2v) is 15.1. The molecule has 0 spiro atoms. The third-order valence-corrected chi connectivity index (χ3v) is 10.2. The Hall–Kier alpha value is -1.59. The zero-order chi connectivity index (χ0) is 21.9. The molecule has 0 saturated carbocycles. The quantitative estimate of drug-likeness (QED) is 0.238. The number of rotatable bonds is 7. The average Bonchev–Trinajstić information content (AvgIpc) is 3.03. The van der Waals surface area contributed by atoms with Gasteiger partial charge in [0.1, 0.15) is 11.4 Å². The van der Waals surface area contributed by atoms with E-state index in [4.69, 9.17) is 13.9 Å². The normalized spacial score (nSPS) is 14.8. The van der Waals surface area contributed by atoms with Crippen molar-refractivity contribution >= 4 is 20.4 Å². The van der Waals surface area contributed by atoms with Gasteiger partial charge in [-0.2, -0.15) is 0 Å². The average molecular weight is 419 g/mol. The maximum absolute atomic E-state index is 12.2. The Morgan fingerprint density at radius 2 is 1.86 bits per heavy atom. The highest BCUT2D eigenvalue weighted by Gasteiger charge is 2.36. The van der Waals surface area contributed by atoms with Gasteiger partial charge < -0.3 is 13.9 Å². The van der Waals surface area contributed by atoms with Crippen molar-refractivity contribution in [2.75, 3.05) is 13.2 Å². The van der Waals surface area contributed by atoms with Crippen molar-refractivity contribution in [1.29, 1.82) is 0 Å². The molecule has 0 unspecified atom stereocenters. The number of aryl methyl sites for hydroxylation is 1. The minimum absolute atomic E-state index is 0.221. The number of esters is 1. The second-order valence-electron chi connectivity index (χ2n) is 10.3. The predicted molar refractivity (Wildman–Crippen MR) is 122 cm³/mol. The van der Waals surface area contributed by atoms with Crippen LogP contribution in [0.4, 0.5) is 0 Å². The van der Waals surface area contributed by atoms with Crippen molar-refractivity contribution in [3.63, 3.8) is 0 Å². The summed E-state index contributed by atoms with van der Waals surface area (Å²) in [7, 11) is -1.72. The number of ether oxygens (including phenoxy) is 2. The van der Waals surface area contributed by atoms with E-state index in [0.717, 1.165) is 37.2 Å². The van der Waals surface area contributed by atoms with Crippen molar-refractivity contribution in [3.05, 3.63) is 34.9 Å². The Morgan fingerprint density at radius 1 is 1.17 bits per heavy atom. The van der Waals surface area contributed by atoms with Crippen LogP contribution >= 0.6 is 0 Å². The number of hydrogen-bond acceptors (Lipinski definition) is 4. The first-order valence-electron chi connectivity index (χ1n) is 10.6. The summed E-state index contributed by atoms with van der Waals surface area (Å²) in [6.07, 6.45) is 6.17. The fourth-order valence-corrected chi connectivity index (χ4v) is 4.16. The van der Waals surface area contributed by atoms with Crippen LogP contribution in [-0.2, 0) is 26.8 Å². The monoisotopic (exact) mass is 418 g/mol. The molecular formula is C24H38O4Si. The lowest BCUT2D eigenvalue weighted by atomic mass is 9.95. The van der Waals surface area contributed by atoms with E-state index in [1.165, 1.54) is 17.2 Å². The summed E-state index contributed by atoms with van der Waals surface area (Å²) in [5.74, 6) is 0.608. The van der Waals surface area contributed by atoms with Crippen LogP contribution in [-0.4, -0.2) is 33.1 Å².